The minimum Gasteiger partial charge on any atom is -0.455 e. The van der Waals surface area contributed by atoms with E-state index in [4.69, 9.17) is 14.2 Å². The number of ketones is 1. The Hall–Kier alpha value is -2.55. The number of Topliss-reactive ketones (excluding diaryl/α,β-unsaturated/α-hetero) is 1. The second-order valence-corrected chi connectivity index (χ2v) is 13.1. The molecule has 1 aromatic rings. The highest BCUT2D eigenvalue weighted by Gasteiger charge is 2.77. The Balaban J connectivity index is 1.83. The van der Waals surface area contributed by atoms with E-state index < -0.39 is 64.1 Å². The van der Waals surface area contributed by atoms with Crippen LogP contribution < -0.4 is 0 Å². The van der Waals surface area contributed by atoms with Gasteiger partial charge in [0.05, 0.1) is 24.2 Å². The van der Waals surface area contributed by atoms with E-state index in [-0.39, 0.29) is 24.7 Å². The summed E-state index contributed by atoms with van der Waals surface area (Å²) in [6.07, 6.45) is -1.82. The van der Waals surface area contributed by atoms with E-state index in [2.05, 4.69) is 0 Å². The van der Waals surface area contributed by atoms with E-state index in [1.807, 2.05) is 41.5 Å². The quantitative estimate of drug-likeness (QED) is 0.423. The summed E-state index contributed by atoms with van der Waals surface area (Å²) in [6, 6.07) is 8.49. The number of ether oxygens (including phenoxy) is 3. The summed E-state index contributed by atoms with van der Waals surface area (Å²) in [5, 5.41) is 24.2. The van der Waals surface area contributed by atoms with Gasteiger partial charge >= 0.3 is 11.9 Å². The Morgan fingerprint density at radius 1 is 1.15 bits per heavy atom. The molecule has 40 heavy (non-hydrogen) atoms. The van der Waals surface area contributed by atoms with Crippen LogP contribution >= 0.6 is 0 Å². The molecule has 0 radical (unpaired) electrons. The number of benzene rings is 1. The monoisotopic (exact) mass is 554 g/mol. The molecule has 3 fully saturated rings. The lowest BCUT2D eigenvalue weighted by atomic mass is 9.42. The number of carbonyl (C=O) groups is 3. The lowest BCUT2D eigenvalue weighted by molar-refractivity contribution is -0.341. The predicted octanol–water partition coefficient (Wildman–Crippen LogP) is 4.02. The molecule has 4 aliphatic rings. The van der Waals surface area contributed by atoms with Crippen molar-refractivity contribution in [1.29, 1.82) is 0 Å². The van der Waals surface area contributed by atoms with Crippen LogP contribution in [0, 0.1) is 28.6 Å². The van der Waals surface area contributed by atoms with Crippen LogP contribution in [0.4, 0.5) is 0 Å². The highest BCUT2D eigenvalue weighted by atomic mass is 16.6. The van der Waals surface area contributed by atoms with Gasteiger partial charge in [0.2, 0.25) is 0 Å². The first kappa shape index (κ1) is 29.0. The zero-order valence-electron chi connectivity index (χ0n) is 24.5. The predicted molar refractivity (Wildman–Crippen MR) is 146 cm³/mol. The largest absolute Gasteiger partial charge is 0.455 e. The highest BCUT2D eigenvalue weighted by Crippen LogP contribution is 2.66. The molecule has 2 unspecified atom stereocenters. The number of rotatable bonds is 4. The molecule has 1 heterocycles. The third kappa shape index (κ3) is 3.71. The van der Waals surface area contributed by atoms with Gasteiger partial charge in [-0.25, -0.2) is 4.79 Å². The summed E-state index contributed by atoms with van der Waals surface area (Å²) in [6.45, 7) is 12.6. The van der Waals surface area contributed by atoms with Gasteiger partial charge in [-0.3, -0.25) is 9.59 Å². The summed E-state index contributed by atoms with van der Waals surface area (Å²) < 4.78 is 18.5. The van der Waals surface area contributed by atoms with Crippen LogP contribution in [0.1, 0.15) is 78.1 Å². The van der Waals surface area contributed by atoms with Gasteiger partial charge in [-0.15, -0.1) is 0 Å². The molecule has 1 saturated heterocycles. The number of esters is 2. The van der Waals surface area contributed by atoms with Crippen molar-refractivity contribution in [3.63, 3.8) is 0 Å². The second kappa shape index (κ2) is 9.50. The molecule has 2 bridgehead atoms. The van der Waals surface area contributed by atoms with Crippen LogP contribution in [-0.4, -0.2) is 64.1 Å². The van der Waals surface area contributed by atoms with Gasteiger partial charge in [0.25, 0.3) is 0 Å². The lowest BCUT2D eigenvalue weighted by Crippen LogP contribution is -2.80. The van der Waals surface area contributed by atoms with E-state index >= 15 is 0 Å². The Labute approximate surface area is 236 Å². The Morgan fingerprint density at radius 3 is 2.35 bits per heavy atom. The number of hydrogen-bond donors (Lipinski definition) is 2. The summed E-state index contributed by atoms with van der Waals surface area (Å²) in [5.74, 6) is -2.99. The molecular formula is C32H42O8. The zero-order valence-corrected chi connectivity index (χ0v) is 24.5. The Morgan fingerprint density at radius 2 is 1.80 bits per heavy atom. The van der Waals surface area contributed by atoms with Gasteiger partial charge in [0.1, 0.15) is 23.6 Å². The Bertz CT molecular complexity index is 1250. The zero-order chi connectivity index (χ0) is 29.4. The molecule has 2 N–H and O–H groups in total. The second-order valence-electron chi connectivity index (χ2n) is 13.1. The van der Waals surface area contributed by atoms with Gasteiger partial charge in [0, 0.05) is 30.1 Å². The van der Waals surface area contributed by atoms with E-state index in [1.54, 1.807) is 30.3 Å². The van der Waals surface area contributed by atoms with E-state index in [1.165, 1.54) is 6.92 Å². The number of carbonyl (C=O) groups excluding carboxylic acids is 3. The van der Waals surface area contributed by atoms with E-state index in [9.17, 15) is 24.6 Å². The molecule has 0 aromatic heterocycles. The van der Waals surface area contributed by atoms with Crippen molar-refractivity contribution >= 4 is 17.7 Å². The molecule has 218 valence electrons. The summed E-state index contributed by atoms with van der Waals surface area (Å²) >= 11 is 0. The molecule has 1 aromatic carbocycles. The van der Waals surface area contributed by atoms with E-state index in [0.717, 1.165) is 0 Å². The van der Waals surface area contributed by atoms with Crippen molar-refractivity contribution in [3.05, 3.63) is 47.0 Å². The number of hydrogen-bond acceptors (Lipinski definition) is 8. The average Bonchev–Trinajstić information content (AvgIpc) is 2.89. The molecule has 2 saturated carbocycles. The average molecular weight is 555 g/mol. The normalized spacial score (nSPS) is 42.0. The summed E-state index contributed by atoms with van der Waals surface area (Å²) in [4.78, 5) is 41.2. The Kier molecular flexibility index (Phi) is 6.88. The molecule has 8 nitrogen and oxygen atoms in total. The fourth-order valence-corrected chi connectivity index (χ4v) is 8.89. The molecule has 9 atom stereocenters. The highest BCUT2D eigenvalue weighted by molar-refractivity contribution is 5.92. The first-order valence-electron chi connectivity index (χ1n) is 14.4. The maximum absolute atomic E-state index is 14.9. The van der Waals surface area contributed by atoms with Crippen LogP contribution in [0.25, 0.3) is 0 Å². The third-order valence-corrected chi connectivity index (χ3v) is 11.0. The number of fused-ring (bicyclic) bond motifs is 5. The summed E-state index contributed by atoms with van der Waals surface area (Å²) in [7, 11) is 0. The van der Waals surface area contributed by atoms with Crippen LogP contribution in [0.5, 0.6) is 0 Å². The maximum atomic E-state index is 14.9. The molecular weight excluding hydrogens is 512 g/mol. The van der Waals surface area contributed by atoms with Crippen LogP contribution in [-0.2, 0) is 23.8 Å². The van der Waals surface area contributed by atoms with Crippen molar-refractivity contribution in [2.75, 3.05) is 6.61 Å². The SMILES string of the molecule is CC[C@H]1C[C@H]2OC[C@@]2(OC(C)=O)C2C(OC(=O)c3ccccc3)[C@]3(O)C[C@H](O)C(C)=C([C@@H](C)C(=O)[C@@]21C)C3(C)C. The van der Waals surface area contributed by atoms with Crippen molar-refractivity contribution in [3.8, 4) is 0 Å². The first-order chi connectivity index (χ1) is 18.7. The molecule has 0 spiro atoms. The molecule has 8 heteroatoms. The number of aliphatic hydroxyl groups is 2. The maximum Gasteiger partial charge on any atom is 0.338 e. The minimum atomic E-state index is -1.80. The van der Waals surface area contributed by atoms with Crippen LogP contribution in [0.15, 0.2) is 41.5 Å². The van der Waals surface area contributed by atoms with E-state index in [0.29, 0.717) is 29.6 Å². The van der Waals surface area contributed by atoms with Gasteiger partial charge in [0.15, 0.2) is 5.60 Å². The third-order valence-electron chi connectivity index (χ3n) is 11.0. The van der Waals surface area contributed by atoms with Crippen LogP contribution in [0.3, 0.4) is 0 Å². The van der Waals surface area contributed by atoms with Gasteiger partial charge in [-0.05, 0) is 42.5 Å². The first-order valence-corrected chi connectivity index (χ1v) is 14.4. The smallest absolute Gasteiger partial charge is 0.338 e. The fraction of sp³-hybridized carbons (Fsp3) is 0.656. The topological polar surface area (TPSA) is 119 Å². The standard InChI is InChI=1S/C32H42O8/c1-8-21-14-23-31(16-38-23,40-19(4)33)25-27(39-28(36)20-12-10-9-11-13-20)32(37)15-22(34)17(2)24(29(32,5)6)18(3)26(35)30(21,25)7/h9-13,18,21-23,25,27,34,37H,8,14-16H2,1-7H3/t18-,21+,22+,23-,25?,27?,30-,31+,32-/m1/s1. The molecule has 0 amide bonds. The number of aliphatic hydroxyl groups excluding tert-OH is 1. The minimum absolute atomic E-state index is 0.0236. The lowest BCUT2D eigenvalue weighted by Gasteiger charge is -2.68. The fourth-order valence-electron chi connectivity index (χ4n) is 8.89. The van der Waals surface area contributed by atoms with Crippen molar-refractivity contribution < 1.29 is 38.8 Å². The molecule has 5 rings (SSSR count). The van der Waals surface area contributed by atoms with Crippen molar-refractivity contribution in [1.82, 2.24) is 0 Å². The molecule has 1 aliphatic heterocycles. The summed E-state index contributed by atoms with van der Waals surface area (Å²) in [5.41, 5.74) is -3.66. The molecule has 3 aliphatic carbocycles. The van der Waals surface area contributed by atoms with Gasteiger partial charge in [-0.2, -0.15) is 0 Å². The van der Waals surface area contributed by atoms with Crippen LogP contribution in [0.2, 0.25) is 0 Å². The van der Waals surface area contributed by atoms with Gasteiger partial charge < -0.3 is 24.4 Å². The van der Waals surface area contributed by atoms with Gasteiger partial charge in [-0.1, -0.05) is 59.2 Å². The van der Waals surface area contributed by atoms with Crippen molar-refractivity contribution in [2.24, 2.45) is 28.6 Å². The van der Waals surface area contributed by atoms with Crippen molar-refractivity contribution in [2.45, 2.75) is 97.2 Å².